The quantitative estimate of drug-likeness (QED) is 0.717. The molecule has 4 rings (SSSR count). The van der Waals surface area contributed by atoms with Gasteiger partial charge in [0.1, 0.15) is 5.82 Å². The van der Waals surface area contributed by atoms with Crippen LogP contribution in [0.2, 0.25) is 0 Å². The Hall–Kier alpha value is -2.98. The molecule has 2 aromatic rings. The second-order valence-corrected chi connectivity index (χ2v) is 9.72. The maximum atomic E-state index is 13.0. The maximum absolute atomic E-state index is 13.0. The Bertz CT molecular complexity index is 1130. The molecule has 0 aliphatic carbocycles. The van der Waals surface area contributed by atoms with E-state index in [1.165, 1.54) is 37.3 Å². The Morgan fingerprint density at radius 1 is 1.03 bits per heavy atom. The molecule has 170 valence electrons. The van der Waals surface area contributed by atoms with Crippen molar-refractivity contribution in [2.45, 2.75) is 37.1 Å². The minimum Gasteiger partial charge on any atom is -0.325 e. The lowest BCUT2D eigenvalue weighted by atomic mass is 10.2. The van der Waals surface area contributed by atoms with Crippen molar-refractivity contribution in [2.24, 2.45) is 0 Å². The number of hydrogen-bond donors (Lipinski definition) is 2. The molecule has 2 aliphatic rings. The van der Waals surface area contributed by atoms with E-state index in [4.69, 9.17) is 0 Å². The molecule has 0 spiro atoms. The highest BCUT2D eigenvalue weighted by Gasteiger charge is 2.31. The van der Waals surface area contributed by atoms with Gasteiger partial charge < -0.3 is 10.2 Å². The Kier molecular flexibility index (Phi) is 6.16. The molecule has 2 N–H and O–H groups in total. The smallest absolute Gasteiger partial charge is 0.324 e. The van der Waals surface area contributed by atoms with Gasteiger partial charge in [-0.15, -0.1) is 0 Å². The minimum absolute atomic E-state index is 0.0353. The average Bonchev–Trinajstić information content (AvgIpc) is 3.44. The van der Waals surface area contributed by atoms with Gasteiger partial charge in [0.25, 0.3) is 0 Å². The van der Waals surface area contributed by atoms with E-state index in [0.717, 1.165) is 37.2 Å². The molecule has 1 atom stereocenters. The van der Waals surface area contributed by atoms with Gasteiger partial charge in [-0.2, -0.15) is 4.72 Å². The van der Waals surface area contributed by atoms with E-state index in [1.54, 1.807) is 17.0 Å². The van der Waals surface area contributed by atoms with Crippen molar-refractivity contribution in [2.75, 3.05) is 29.9 Å². The van der Waals surface area contributed by atoms with Gasteiger partial charge in [-0.3, -0.25) is 9.69 Å². The average molecular weight is 461 g/mol. The van der Waals surface area contributed by atoms with E-state index in [0.29, 0.717) is 18.7 Å². The molecule has 3 amide bonds. The van der Waals surface area contributed by atoms with Crippen LogP contribution in [0.5, 0.6) is 0 Å². The largest absolute Gasteiger partial charge is 0.325 e. The first-order valence-corrected chi connectivity index (χ1v) is 12.0. The second kappa shape index (κ2) is 8.87. The van der Waals surface area contributed by atoms with Crippen LogP contribution >= 0.6 is 0 Å². The van der Waals surface area contributed by atoms with Crippen LogP contribution < -0.4 is 14.9 Å². The molecular formula is C22H25FN4O4S. The van der Waals surface area contributed by atoms with Gasteiger partial charge in [0, 0.05) is 31.0 Å². The summed E-state index contributed by atoms with van der Waals surface area (Å²) in [6, 6.07) is 8.75. The zero-order chi connectivity index (χ0) is 22.9. The first-order valence-electron chi connectivity index (χ1n) is 10.5. The highest BCUT2D eigenvalue weighted by atomic mass is 32.2. The van der Waals surface area contributed by atoms with Crippen molar-refractivity contribution >= 4 is 33.3 Å². The number of rotatable bonds is 5. The number of carbonyl (C=O) groups is 2. The lowest BCUT2D eigenvalue weighted by Gasteiger charge is -2.24. The topological polar surface area (TPSA) is 98.8 Å². The fraction of sp³-hybridized carbons (Fsp3) is 0.364. The Morgan fingerprint density at radius 2 is 1.72 bits per heavy atom. The van der Waals surface area contributed by atoms with Gasteiger partial charge >= 0.3 is 6.03 Å². The summed E-state index contributed by atoms with van der Waals surface area (Å²) in [5.41, 5.74) is 1.87. The van der Waals surface area contributed by atoms with Crippen LogP contribution in [0.15, 0.2) is 47.4 Å². The molecule has 1 fully saturated rings. The minimum atomic E-state index is -3.96. The first kappa shape index (κ1) is 22.2. The van der Waals surface area contributed by atoms with E-state index in [9.17, 15) is 22.4 Å². The van der Waals surface area contributed by atoms with E-state index >= 15 is 0 Å². The fourth-order valence-electron chi connectivity index (χ4n) is 3.96. The molecular weight excluding hydrogens is 435 g/mol. The van der Waals surface area contributed by atoms with Crippen LogP contribution in [0, 0.1) is 5.82 Å². The van der Waals surface area contributed by atoms with Gasteiger partial charge in [0.2, 0.25) is 15.9 Å². The third-order valence-corrected chi connectivity index (χ3v) is 7.24. The number of sulfonamides is 1. The van der Waals surface area contributed by atoms with Crippen molar-refractivity contribution < 1.29 is 22.4 Å². The molecule has 2 heterocycles. The fourth-order valence-corrected chi connectivity index (χ4v) is 5.21. The molecule has 0 radical (unpaired) electrons. The predicted molar refractivity (Wildman–Crippen MR) is 119 cm³/mol. The summed E-state index contributed by atoms with van der Waals surface area (Å²) in [4.78, 5) is 28.6. The van der Waals surface area contributed by atoms with Crippen LogP contribution in [0.4, 0.5) is 20.6 Å². The SMILES string of the molecule is C[C@H](NS(=O)(=O)c1ccc2c(c1)CCN2C(=O)N1CCCC1)C(=O)Nc1ccc(F)cc1. The van der Waals surface area contributed by atoms with Crippen molar-refractivity contribution in [1.29, 1.82) is 0 Å². The molecule has 1 saturated heterocycles. The van der Waals surface area contributed by atoms with Gasteiger partial charge in [-0.1, -0.05) is 0 Å². The number of benzene rings is 2. The highest BCUT2D eigenvalue weighted by Crippen LogP contribution is 2.31. The van der Waals surface area contributed by atoms with Crippen molar-refractivity contribution in [3.8, 4) is 0 Å². The van der Waals surface area contributed by atoms with Crippen LogP contribution in [0.1, 0.15) is 25.3 Å². The third-order valence-electron chi connectivity index (χ3n) is 5.70. The van der Waals surface area contributed by atoms with Crippen molar-refractivity contribution in [3.63, 3.8) is 0 Å². The molecule has 8 nitrogen and oxygen atoms in total. The summed E-state index contributed by atoms with van der Waals surface area (Å²) in [5.74, 6) is -1.00. The number of halogens is 1. The summed E-state index contributed by atoms with van der Waals surface area (Å²) in [7, 11) is -3.96. The van der Waals surface area contributed by atoms with Gasteiger partial charge in [-0.25, -0.2) is 17.6 Å². The van der Waals surface area contributed by atoms with E-state index in [-0.39, 0.29) is 10.9 Å². The van der Waals surface area contributed by atoms with Crippen molar-refractivity contribution in [1.82, 2.24) is 9.62 Å². The van der Waals surface area contributed by atoms with Crippen LogP contribution in [-0.4, -0.2) is 50.9 Å². The van der Waals surface area contributed by atoms with E-state index in [1.807, 2.05) is 4.90 Å². The highest BCUT2D eigenvalue weighted by molar-refractivity contribution is 7.89. The third kappa shape index (κ3) is 4.61. The lowest BCUT2D eigenvalue weighted by molar-refractivity contribution is -0.117. The first-order chi connectivity index (χ1) is 15.2. The molecule has 0 aromatic heterocycles. The number of carbonyl (C=O) groups excluding carboxylic acids is 2. The molecule has 2 aromatic carbocycles. The molecule has 32 heavy (non-hydrogen) atoms. The van der Waals surface area contributed by atoms with Gasteiger partial charge in [0.05, 0.1) is 10.9 Å². The number of amides is 3. The summed E-state index contributed by atoms with van der Waals surface area (Å²) in [5, 5.41) is 2.55. The summed E-state index contributed by atoms with van der Waals surface area (Å²) in [6.07, 6.45) is 2.57. The van der Waals surface area contributed by atoms with Gasteiger partial charge in [0.15, 0.2) is 0 Å². The Labute approximate surface area is 186 Å². The zero-order valence-corrected chi connectivity index (χ0v) is 18.5. The summed E-state index contributed by atoms with van der Waals surface area (Å²) >= 11 is 0. The summed E-state index contributed by atoms with van der Waals surface area (Å²) < 4.78 is 41.1. The Balaban J connectivity index is 1.44. The number of likely N-dealkylation sites (tertiary alicyclic amines) is 1. The predicted octanol–water partition coefficient (Wildman–Crippen LogP) is 2.71. The second-order valence-electron chi connectivity index (χ2n) is 8.01. The zero-order valence-electron chi connectivity index (χ0n) is 17.7. The number of hydrogen-bond acceptors (Lipinski definition) is 4. The van der Waals surface area contributed by atoms with Crippen LogP contribution in [-0.2, 0) is 21.2 Å². The van der Waals surface area contributed by atoms with Crippen molar-refractivity contribution in [3.05, 3.63) is 53.8 Å². The molecule has 0 bridgehead atoms. The summed E-state index contributed by atoms with van der Waals surface area (Å²) in [6.45, 7) is 3.44. The molecule has 0 saturated carbocycles. The van der Waals surface area contributed by atoms with Crippen LogP contribution in [0.3, 0.4) is 0 Å². The molecule has 2 aliphatic heterocycles. The maximum Gasteiger partial charge on any atom is 0.324 e. The standard InChI is InChI=1S/C22H25FN4O4S/c1-15(21(28)24-18-6-4-17(23)5-7-18)25-32(30,31)19-8-9-20-16(14-19)10-13-27(20)22(29)26-11-2-3-12-26/h4-9,14-15,25H,2-3,10-13H2,1H3,(H,24,28)/t15-/m0/s1. The van der Waals surface area contributed by atoms with Crippen LogP contribution in [0.25, 0.3) is 0 Å². The monoisotopic (exact) mass is 460 g/mol. The number of anilines is 2. The van der Waals surface area contributed by atoms with E-state index < -0.39 is 27.8 Å². The van der Waals surface area contributed by atoms with Gasteiger partial charge in [-0.05, 0) is 74.2 Å². The lowest BCUT2D eigenvalue weighted by Crippen LogP contribution is -2.41. The number of urea groups is 1. The number of fused-ring (bicyclic) bond motifs is 1. The number of nitrogens with zero attached hydrogens (tertiary/aromatic N) is 2. The Morgan fingerprint density at radius 3 is 2.41 bits per heavy atom. The normalized spacial score (nSPS) is 16.7. The number of nitrogens with one attached hydrogen (secondary N) is 2. The van der Waals surface area contributed by atoms with E-state index in [2.05, 4.69) is 10.0 Å². The molecule has 10 heteroatoms. The molecule has 0 unspecified atom stereocenters.